The van der Waals surface area contributed by atoms with E-state index >= 15 is 0 Å². The Balaban J connectivity index is -0.000000284. The van der Waals surface area contributed by atoms with Gasteiger partial charge in [-0.15, -0.1) is 0 Å². The first-order chi connectivity index (χ1) is 5.83. The summed E-state index contributed by atoms with van der Waals surface area (Å²) < 4.78 is 0. The van der Waals surface area contributed by atoms with Gasteiger partial charge in [-0.25, -0.2) is 0 Å². The van der Waals surface area contributed by atoms with Crippen molar-refractivity contribution >= 4 is 22.0 Å². The Labute approximate surface area is 107 Å². The first-order valence-corrected chi connectivity index (χ1v) is 7.64. The van der Waals surface area contributed by atoms with Crippen LogP contribution in [0.4, 0.5) is 0 Å². The second kappa shape index (κ2) is 14.2. The Bertz CT molecular complexity index is 105. The standard InChI is InChI=1S/C8H17NS.ClH.2H2O.Pt/c1-8-2-4-9(5-3-8)6-7-10;;;;/h8,10H,2-7H2,1H3;1H;2*1H2;/q;;;;+1/p-2. The van der Waals surface area contributed by atoms with E-state index in [1.807, 2.05) is 0 Å². The monoisotopic (exact) mass is 424 g/mol. The molecule has 1 aliphatic rings. The van der Waals surface area contributed by atoms with Gasteiger partial charge in [-0.05, 0) is 38.4 Å². The zero-order valence-corrected chi connectivity index (χ0v) is 12.2. The quantitative estimate of drug-likeness (QED) is 0.599. The van der Waals surface area contributed by atoms with E-state index in [9.17, 15) is 0 Å². The van der Waals surface area contributed by atoms with Crippen LogP contribution in [0.2, 0.25) is 0 Å². The van der Waals surface area contributed by atoms with E-state index in [1.165, 1.54) is 25.9 Å². The van der Waals surface area contributed by atoms with Crippen LogP contribution >= 0.6 is 9.42 Å². The fourth-order valence-corrected chi connectivity index (χ4v) is 1.67. The van der Waals surface area contributed by atoms with Crippen LogP contribution in [0.1, 0.15) is 19.8 Å². The number of nitrogens with zero attached hydrogens (tertiary/aromatic N) is 1. The van der Waals surface area contributed by atoms with Crippen molar-refractivity contribution in [2.24, 2.45) is 5.92 Å². The minimum absolute atomic E-state index is 0. The molecule has 4 N–H and O–H groups in total. The summed E-state index contributed by atoms with van der Waals surface area (Å²) >= 11 is 6.53. The first-order valence-electron chi connectivity index (χ1n) is 4.25. The summed E-state index contributed by atoms with van der Waals surface area (Å²) in [6, 6.07) is 0. The predicted octanol–water partition coefficient (Wildman–Crippen LogP) is 0.303. The van der Waals surface area contributed by atoms with E-state index in [-0.39, 0.29) is 11.0 Å². The van der Waals surface area contributed by atoms with Crippen LogP contribution in [0, 0.1) is 5.92 Å². The van der Waals surface area contributed by atoms with Crippen molar-refractivity contribution < 1.29 is 29.7 Å². The van der Waals surface area contributed by atoms with Crippen LogP contribution in [0.25, 0.3) is 0 Å². The van der Waals surface area contributed by atoms with Crippen molar-refractivity contribution in [2.75, 3.05) is 25.4 Å². The first kappa shape index (κ1) is 20.6. The zero-order chi connectivity index (χ0) is 9.40. The third-order valence-electron chi connectivity index (χ3n) is 2.28. The Kier molecular flexibility index (Phi) is 20.9. The second-order valence-corrected chi connectivity index (χ2v) is 3.64. The van der Waals surface area contributed by atoms with Crippen LogP contribution in [0.15, 0.2) is 0 Å². The van der Waals surface area contributed by atoms with Gasteiger partial charge in [0.15, 0.2) is 0 Å². The Morgan fingerprint density at radius 3 is 2.07 bits per heavy atom. The fourth-order valence-electron chi connectivity index (χ4n) is 1.41. The molecule has 0 atom stereocenters. The summed E-state index contributed by atoms with van der Waals surface area (Å²) in [4.78, 5) is 2.48. The van der Waals surface area contributed by atoms with Gasteiger partial charge in [-0.2, -0.15) is 5.75 Å². The summed E-state index contributed by atoms with van der Waals surface area (Å²) in [5.74, 6) is 1.84. The molecule has 0 aliphatic carbocycles. The van der Waals surface area contributed by atoms with Gasteiger partial charge in [-0.3, -0.25) is 0 Å². The summed E-state index contributed by atoms with van der Waals surface area (Å²) in [6.45, 7) is 6.02. The molecule has 14 heavy (non-hydrogen) atoms. The van der Waals surface area contributed by atoms with E-state index in [0.717, 1.165) is 18.2 Å². The number of hydrogen-bond donors (Lipinski definition) is 0. The average Bonchev–Trinajstić information content (AvgIpc) is 2.13. The van der Waals surface area contributed by atoms with E-state index in [4.69, 9.17) is 12.6 Å². The van der Waals surface area contributed by atoms with Gasteiger partial charge in [-0.1, -0.05) is 6.92 Å². The Morgan fingerprint density at radius 2 is 1.71 bits per heavy atom. The summed E-state index contributed by atoms with van der Waals surface area (Å²) in [5, 5.41) is 0. The topological polar surface area (TPSA) is 66.2 Å². The molecule has 0 unspecified atom stereocenters. The number of rotatable bonds is 2. The normalized spacial score (nSPS) is 17.2. The molecule has 3 nitrogen and oxygen atoms in total. The molecule has 1 rings (SSSR count). The predicted molar refractivity (Wildman–Crippen MR) is 60.2 cm³/mol. The molecular formula is C8H20ClNO2PtS-. The molecule has 0 spiro atoms. The third-order valence-corrected chi connectivity index (χ3v) is 2.47. The van der Waals surface area contributed by atoms with Crippen LogP contribution in [0.3, 0.4) is 0 Å². The van der Waals surface area contributed by atoms with Crippen LogP contribution in [0.5, 0.6) is 0 Å². The maximum absolute atomic E-state index is 4.92. The van der Waals surface area contributed by atoms with Crippen LogP contribution in [-0.4, -0.2) is 41.2 Å². The van der Waals surface area contributed by atoms with Crippen molar-refractivity contribution in [1.82, 2.24) is 4.90 Å². The fraction of sp³-hybridized carbons (Fsp3) is 1.00. The van der Waals surface area contributed by atoms with E-state index < -0.39 is 0 Å². The molecule has 0 radical (unpaired) electrons. The Morgan fingerprint density at radius 1 is 1.29 bits per heavy atom. The van der Waals surface area contributed by atoms with Gasteiger partial charge in [0.2, 0.25) is 0 Å². The number of hydrogen-bond acceptors (Lipinski definition) is 2. The number of halogens is 1. The SMILES string of the molecule is CC1CCN(CC[S-])CC1.O.O.[Cl][Pt]. The zero-order valence-electron chi connectivity index (χ0n) is 8.37. The van der Waals surface area contributed by atoms with Crippen molar-refractivity contribution in [1.29, 1.82) is 0 Å². The minimum atomic E-state index is 0. The molecule has 1 saturated heterocycles. The van der Waals surface area contributed by atoms with E-state index in [2.05, 4.69) is 21.2 Å². The van der Waals surface area contributed by atoms with Gasteiger partial charge >= 0.3 is 28.2 Å². The van der Waals surface area contributed by atoms with Crippen molar-refractivity contribution in [3.63, 3.8) is 0 Å². The maximum atomic E-state index is 4.92. The molecule has 0 bridgehead atoms. The molecule has 0 aromatic carbocycles. The molecule has 1 aliphatic heterocycles. The molecule has 6 heteroatoms. The molecule has 0 saturated carbocycles. The molecule has 0 aromatic heterocycles. The summed E-state index contributed by atoms with van der Waals surface area (Å²) in [7, 11) is 4.61. The van der Waals surface area contributed by atoms with Gasteiger partial charge < -0.3 is 28.5 Å². The Hall–Kier alpha value is 1.21. The summed E-state index contributed by atoms with van der Waals surface area (Å²) in [6.07, 6.45) is 2.74. The number of likely N-dealkylation sites (tertiary alicyclic amines) is 1. The van der Waals surface area contributed by atoms with Gasteiger partial charge in [0.25, 0.3) is 0 Å². The van der Waals surface area contributed by atoms with Gasteiger partial charge in [0.05, 0.1) is 0 Å². The van der Waals surface area contributed by atoms with E-state index in [1.54, 1.807) is 18.8 Å². The molecular weight excluding hydrogens is 405 g/mol. The average molecular weight is 425 g/mol. The number of piperidine rings is 1. The molecule has 0 amide bonds. The van der Waals surface area contributed by atoms with Crippen molar-refractivity contribution in [2.45, 2.75) is 19.8 Å². The van der Waals surface area contributed by atoms with Gasteiger partial charge in [0, 0.05) is 0 Å². The molecule has 1 heterocycles. The second-order valence-electron chi connectivity index (χ2n) is 3.23. The molecule has 0 aromatic rings. The molecule has 93 valence electrons. The van der Waals surface area contributed by atoms with Crippen LogP contribution < -0.4 is 0 Å². The van der Waals surface area contributed by atoms with Crippen molar-refractivity contribution in [3.05, 3.63) is 0 Å². The summed E-state index contributed by atoms with van der Waals surface area (Å²) in [5.41, 5.74) is 0. The van der Waals surface area contributed by atoms with E-state index in [0.29, 0.717) is 0 Å². The van der Waals surface area contributed by atoms with Crippen molar-refractivity contribution in [3.8, 4) is 0 Å². The third kappa shape index (κ3) is 9.75. The van der Waals surface area contributed by atoms with Crippen LogP contribution in [-0.2, 0) is 31.4 Å². The van der Waals surface area contributed by atoms with Gasteiger partial charge in [0.1, 0.15) is 0 Å². The molecule has 1 fully saturated rings.